The van der Waals surface area contributed by atoms with Crippen molar-refractivity contribution in [3.05, 3.63) is 114 Å². The Labute approximate surface area is 194 Å². The fourth-order valence-corrected chi connectivity index (χ4v) is 4.80. The van der Waals surface area contributed by atoms with Crippen molar-refractivity contribution in [1.29, 1.82) is 0 Å². The molecule has 5 rings (SSSR count). The van der Waals surface area contributed by atoms with E-state index in [2.05, 4.69) is 29.2 Å². The maximum absolute atomic E-state index is 13.9. The van der Waals surface area contributed by atoms with Gasteiger partial charge in [-0.15, -0.1) is 0 Å². The van der Waals surface area contributed by atoms with E-state index in [1.165, 1.54) is 5.56 Å². The number of hydrogen-bond acceptors (Lipinski definition) is 3. The van der Waals surface area contributed by atoms with Crippen molar-refractivity contribution < 1.29 is 9.53 Å². The minimum Gasteiger partial charge on any atom is -0.379 e. The Hall–Kier alpha value is -3.50. The summed E-state index contributed by atoms with van der Waals surface area (Å²) in [7, 11) is 0. The first kappa shape index (κ1) is 21.4. The number of carbonyl (C=O) groups is 1. The van der Waals surface area contributed by atoms with Crippen molar-refractivity contribution >= 4 is 16.8 Å². The maximum Gasteiger partial charge on any atom is 0.234 e. The first-order chi connectivity index (χ1) is 16.3. The molecule has 1 aliphatic rings. The molecule has 0 bridgehead atoms. The topological polar surface area (TPSA) is 42.4 Å². The standard InChI is InChI=1S/C29H28N2O2/c32-29(27(23-9-3-1-4-10-23)24-11-5-2-6-12-24)31-17-18-33-21-22(20-31)19-26-14-7-13-25-15-8-16-30-28(25)26/h1-16,22,27H,17-21H2. The third kappa shape index (κ3) is 4.81. The molecule has 4 heteroatoms. The molecule has 2 heterocycles. The van der Waals surface area contributed by atoms with Crippen LogP contribution in [0.5, 0.6) is 0 Å². The van der Waals surface area contributed by atoms with Gasteiger partial charge in [0.25, 0.3) is 0 Å². The van der Waals surface area contributed by atoms with Crippen molar-refractivity contribution in [2.24, 2.45) is 5.92 Å². The summed E-state index contributed by atoms with van der Waals surface area (Å²) < 4.78 is 5.95. The van der Waals surface area contributed by atoms with Gasteiger partial charge in [0, 0.05) is 30.6 Å². The molecule has 0 spiro atoms. The van der Waals surface area contributed by atoms with Gasteiger partial charge in [0.05, 0.1) is 24.6 Å². The van der Waals surface area contributed by atoms with Crippen LogP contribution in [0.15, 0.2) is 97.2 Å². The molecule has 1 fully saturated rings. The minimum atomic E-state index is -0.314. The molecule has 1 unspecified atom stereocenters. The number of ether oxygens (including phenoxy) is 1. The second-order valence-electron chi connectivity index (χ2n) is 8.68. The van der Waals surface area contributed by atoms with Crippen LogP contribution in [0.1, 0.15) is 22.6 Å². The van der Waals surface area contributed by atoms with E-state index in [1.807, 2.05) is 77.8 Å². The predicted molar refractivity (Wildman–Crippen MR) is 131 cm³/mol. The van der Waals surface area contributed by atoms with Crippen LogP contribution in [0.25, 0.3) is 10.9 Å². The van der Waals surface area contributed by atoms with Gasteiger partial charge >= 0.3 is 0 Å². The van der Waals surface area contributed by atoms with E-state index in [9.17, 15) is 4.79 Å². The van der Waals surface area contributed by atoms with Crippen LogP contribution in [0, 0.1) is 5.92 Å². The highest BCUT2D eigenvalue weighted by Gasteiger charge is 2.30. The van der Waals surface area contributed by atoms with Gasteiger partial charge in [-0.05, 0) is 29.2 Å². The van der Waals surface area contributed by atoms with Crippen molar-refractivity contribution in [3.63, 3.8) is 0 Å². The molecule has 1 aliphatic heterocycles. The zero-order valence-corrected chi connectivity index (χ0v) is 18.6. The maximum atomic E-state index is 13.9. The Kier molecular flexibility index (Phi) is 6.45. The first-order valence-corrected chi connectivity index (χ1v) is 11.6. The Morgan fingerprint density at radius 1 is 0.909 bits per heavy atom. The van der Waals surface area contributed by atoms with Gasteiger partial charge in [-0.3, -0.25) is 9.78 Å². The quantitative estimate of drug-likeness (QED) is 0.438. The fourth-order valence-electron chi connectivity index (χ4n) is 4.80. The summed E-state index contributed by atoms with van der Waals surface area (Å²) in [5.74, 6) is 0.0422. The second-order valence-corrected chi connectivity index (χ2v) is 8.68. The molecule has 4 aromatic rings. The van der Waals surface area contributed by atoms with Gasteiger partial charge in [0.2, 0.25) is 5.91 Å². The van der Waals surface area contributed by atoms with Crippen LogP contribution in [0.3, 0.4) is 0 Å². The van der Waals surface area contributed by atoms with Crippen molar-refractivity contribution in [2.45, 2.75) is 12.3 Å². The number of benzene rings is 3. The lowest BCUT2D eigenvalue weighted by Gasteiger charge is -2.28. The summed E-state index contributed by atoms with van der Waals surface area (Å²) >= 11 is 0. The van der Waals surface area contributed by atoms with Crippen LogP contribution in [-0.4, -0.2) is 42.1 Å². The van der Waals surface area contributed by atoms with E-state index in [1.54, 1.807) is 0 Å². The second kappa shape index (κ2) is 9.97. The van der Waals surface area contributed by atoms with Gasteiger partial charge < -0.3 is 9.64 Å². The van der Waals surface area contributed by atoms with E-state index in [-0.39, 0.29) is 17.7 Å². The number of hydrogen-bond donors (Lipinski definition) is 0. The van der Waals surface area contributed by atoms with Crippen LogP contribution < -0.4 is 0 Å². The number of para-hydroxylation sites is 1. The SMILES string of the molecule is O=C(C(c1ccccc1)c1ccccc1)N1CCOCC(Cc2cccc3cccnc23)C1. The van der Waals surface area contributed by atoms with E-state index in [0.29, 0.717) is 26.3 Å². The molecule has 1 amide bonds. The number of aromatic nitrogens is 1. The Morgan fingerprint density at radius 3 is 2.33 bits per heavy atom. The van der Waals surface area contributed by atoms with Gasteiger partial charge in [0.1, 0.15) is 0 Å². The summed E-state index contributed by atoms with van der Waals surface area (Å²) in [5.41, 5.74) is 4.29. The van der Waals surface area contributed by atoms with Gasteiger partial charge in [-0.2, -0.15) is 0 Å². The Morgan fingerprint density at radius 2 is 1.61 bits per heavy atom. The lowest BCUT2D eigenvalue weighted by molar-refractivity contribution is -0.132. The molecule has 33 heavy (non-hydrogen) atoms. The summed E-state index contributed by atoms with van der Waals surface area (Å²) in [5, 5.41) is 1.14. The number of nitrogens with zero attached hydrogens (tertiary/aromatic N) is 2. The number of pyridine rings is 1. The van der Waals surface area contributed by atoms with Gasteiger partial charge in [-0.1, -0.05) is 84.9 Å². The van der Waals surface area contributed by atoms with Gasteiger partial charge in [-0.25, -0.2) is 0 Å². The van der Waals surface area contributed by atoms with E-state index < -0.39 is 0 Å². The molecule has 4 nitrogen and oxygen atoms in total. The third-order valence-corrected chi connectivity index (χ3v) is 6.39. The molecule has 166 valence electrons. The summed E-state index contributed by atoms with van der Waals surface area (Å²) in [6.07, 6.45) is 2.68. The van der Waals surface area contributed by atoms with Crippen LogP contribution in [0.4, 0.5) is 0 Å². The zero-order chi connectivity index (χ0) is 22.5. The molecule has 3 aromatic carbocycles. The lowest BCUT2D eigenvalue weighted by atomic mass is 9.89. The molecule has 0 saturated carbocycles. The average Bonchev–Trinajstić information content (AvgIpc) is 3.11. The molecular weight excluding hydrogens is 408 g/mol. The van der Waals surface area contributed by atoms with E-state index in [4.69, 9.17) is 4.74 Å². The summed E-state index contributed by atoms with van der Waals surface area (Å²) in [6, 6.07) is 30.5. The fraction of sp³-hybridized carbons (Fsp3) is 0.241. The van der Waals surface area contributed by atoms with Crippen LogP contribution in [-0.2, 0) is 16.0 Å². The highest BCUT2D eigenvalue weighted by molar-refractivity contribution is 5.87. The number of fused-ring (bicyclic) bond motifs is 1. The number of rotatable bonds is 5. The molecule has 0 radical (unpaired) electrons. The third-order valence-electron chi connectivity index (χ3n) is 6.39. The van der Waals surface area contributed by atoms with Crippen molar-refractivity contribution in [1.82, 2.24) is 9.88 Å². The molecule has 1 aromatic heterocycles. The molecular formula is C29H28N2O2. The Bertz CT molecular complexity index is 1170. The molecule has 0 N–H and O–H groups in total. The van der Waals surface area contributed by atoms with E-state index >= 15 is 0 Å². The Balaban J connectivity index is 1.41. The average molecular weight is 437 g/mol. The normalized spacial score (nSPS) is 16.6. The molecule has 0 aliphatic carbocycles. The van der Waals surface area contributed by atoms with E-state index in [0.717, 1.165) is 28.5 Å². The minimum absolute atomic E-state index is 0.138. The highest BCUT2D eigenvalue weighted by atomic mass is 16.5. The lowest BCUT2D eigenvalue weighted by Crippen LogP contribution is -2.39. The van der Waals surface area contributed by atoms with Crippen LogP contribution in [0.2, 0.25) is 0 Å². The van der Waals surface area contributed by atoms with Crippen LogP contribution >= 0.6 is 0 Å². The largest absolute Gasteiger partial charge is 0.379 e. The summed E-state index contributed by atoms with van der Waals surface area (Å²) in [6.45, 7) is 2.50. The monoisotopic (exact) mass is 436 g/mol. The zero-order valence-electron chi connectivity index (χ0n) is 18.6. The molecule has 1 saturated heterocycles. The first-order valence-electron chi connectivity index (χ1n) is 11.6. The van der Waals surface area contributed by atoms with Crippen molar-refractivity contribution in [2.75, 3.05) is 26.3 Å². The van der Waals surface area contributed by atoms with Crippen molar-refractivity contribution in [3.8, 4) is 0 Å². The number of carbonyl (C=O) groups excluding carboxylic acids is 1. The summed E-state index contributed by atoms with van der Waals surface area (Å²) in [4.78, 5) is 20.5. The number of amides is 1. The predicted octanol–water partition coefficient (Wildman–Crippen LogP) is 5.08. The highest BCUT2D eigenvalue weighted by Crippen LogP contribution is 2.28. The smallest absolute Gasteiger partial charge is 0.234 e. The van der Waals surface area contributed by atoms with Gasteiger partial charge in [0.15, 0.2) is 0 Å². The molecule has 1 atom stereocenters.